The maximum atomic E-state index is 12.8. The Morgan fingerprint density at radius 3 is 2.65 bits per heavy atom. The molecule has 17 heavy (non-hydrogen) atoms. The van der Waals surface area contributed by atoms with Crippen LogP contribution in [-0.4, -0.2) is 9.97 Å². The summed E-state index contributed by atoms with van der Waals surface area (Å²) in [4.78, 5) is 6.00. The van der Waals surface area contributed by atoms with E-state index in [2.05, 4.69) is 4.98 Å². The number of nitrogens with zero attached hydrogens (tertiary/aromatic N) is 1. The van der Waals surface area contributed by atoms with Crippen molar-refractivity contribution in [3.63, 3.8) is 0 Å². The fraction of sp³-hybridized carbons (Fsp3) is 0.167. The highest BCUT2D eigenvalue weighted by molar-refractivity contribution is 7.80. The molecule has 0 saturated heterocycles. The molecule has 0 aliphatic heterocycles. The Labute approximate surface area is 108 Å². The average molecular weight is 266 g/mol. The summed E-state index contributed by atoms with van der Waals surface area (Å²) in [7, 11) is 0. The largest absolute Gasteiger partial charge is 0.393 e. The smallest absolute Gasteiger partial charge is 0.123 e. The molecule has 2 N–H and O–H groups in total. The van der Waals surface area contributed by atoms with E-state index in [9.17, 15) is 4.39 Å². The van der Waals surface area contributed by atoms with Crippen molar-refractivity contribution in [1.82, 2.24) is 4.98 Å². The molecule has 0 aliphatic rings. The van der Waals surface area contributed by atoms with Crippen LogP contribution in [0, 0.1) is 12.7 Å². The van der Waals surface area contributed by atoms with Crippen molar-refractivity contribution in [3.8, 4) is 11.3 Å². The van der Waals surface area contributed by atoms with Crippen LogP contribution in [-0.2, 0) is 6.42 Å². The van der Waals surface area contributed by atoms with Crippen LogP contribution in [0.4, 0.5) is 4.39 Å². The molecule has 0 atom stereocenters. The molecule has 0 amide bonds. The zero-order chi connectivity index (χ0) is 12.4. The molecule has 2 aromatic rings. The Morgan fingerprint density at radius 2 is 2.06 bits per heavy atom. The van der Waals surface area contributed by atoms with E-state index >= 15 is 0 Å². The first-order valence-electron chi connectivity index (χ1n) is 5.07. The summed E-state index contributed by atoms with van der Waals surface area (Å²) in [5.74, 6) is -0.245. The van der Waals surface area contributed by atoms with E-state index in [1.54, 1.807) is 23.5 Å². The Bertz CT molecular complexity index is 546. The lowest BCUT2D eigenvalue weighted by Crippen LogP contribution is -2.10. The molecular formula is C12H11FN2S2. The maximum absolute atomic E-state index is 12.8. The lowest BCUT2D eigenvalue weighted by atomic mass is 10.1. The molecule has 0 saturated carbocycles. The number of halogens is 1. The first kappa shape index (κ1) is 12.1. The molecule has 88 valence electrons. The number of thiazole rings is 1. The van der Waals surface area contributed by atoms with Gasteiger partial charge in [0, 0.05) is 16.9 Å². The molecule has 0 spiro atoms. The predicted octanol–water partition coefficient (Wildman–Crippen LogP) is 3.09. The lowest BCUT2D eigenvalue weighted by molar-refractivity contribution is 0.628. The minimum Gasteiger partial charge on any atom is -0.393 e. The number of benzene rings is 1. The first-order valence-corrected chi connectivity index (χ1v) is 6.29. The van der Waals surface area contributed by atoms with Crippen LogP contribution in [0.1, 0.15) is 9.88 Å². The van der Waals surface area contributed by atoms with Crippen LogP contribution in [0.3, 0.4) is 0 Å². The summed E-state index contributed by atoms with van der Waals surface area (Å²) in [6.07, 6.45) is 0.516. The van der Waals surface area contributed by atoms with E-state index in [4.69, 9.17) is 18.0 Å². The minimum atomic E-state index is -0.245. The highest BCUT2D eigenvalue weighted by Gasteiger charge is 2.10. The van der Waals surface area contributed by atoms with E-state index < -0.39 is 0 Å². The number of aromatic nitrogens is 1. The van der Waals surface area contributed by atoms with Gasteiger partial charge in [0.1, 0.15) is 10.8 Å². The Kier molecular flexibility index (Phi) is 3.49. The minimum absolute atomic E-state index is 0.245. The molecule has 2 rings (SSSR count). The van der Waals surface area contributed by atoms with Crippen LogP contribution in [0.5, 0.6) is 0 Å². The quantitative estimate of drug-likeness (QED) is 0.868. The third-order valence-corrected chi connectivity index (χ3v) is 3.40. The van der Waals surface area contributed by atoms with E-state index in [-0.39, 0.29) is 5.82 Å². The second-order valence-corrected chi connectivity index (χ2v) is 5.47. The highest BCUT2D eigenvalue weighted by Crippen LogP contribution is 2.27. The topological polar surface area (TPSA) is 38.9 Å². The first-order chi connectivity index (χ1) is 8.06. The van der Waals surface area contributed by atoms with E-state index in [1.807, 2.05) is 6.92 Å². The number of aryl methyl sites for hydroxylation is 1. The number of rotatable bonds is 3. The fourth-order valence-electron chi connectivity index (χ4n) is 1.55. The molecule has 0 aliphatic carbocycles. The summed E-state index contributed by atoms with van der Waals surface area (Å²) in [6, 6.07) is 6.31. The van der Waals surface area contributed by atoms with Crippen molar-refractivity contribution in [2.45, 2.75) is 13.3 Å². The van der Waals surface area contributed by atoms with Crippen molar-refractivity contribution >= 4 is 28.5 Å². The monoisotopic (exact) mass is 266 g/mol. The van der Waals surface area contributed by atoms with Crippen LogP contribution >= 0.6 is 23.6 Å². The number of nitrogens with two attached hydrogens (primary N) is 1. The van der Waals surface area contributed by atoms with E-state index in [1.165, 1.54) is 12.1 Å². The third-order valence-electron chi connectivity index (χ3n) is 2.28. The number of hydrogen-bond donors (Lipinski definition) is 1. The van der Waals surface area contributed by atoms with Crippen molar-refractivity contribution in [1.29, 1.82) is 0 Å². The molecule has 1 aromatic carbocycles. The molecule has 0 unspecified atom stereocenters. The molecule has 0 fully saturated rings. The van der Waals surface area contributed by atoms with Gasteiger partial charge in [-0.3, -0.25) is 0 Å². The Morgan fingerprint density at radius 1 is 1.41 bits per heavy atom. The van der Waals surface area contributed by atoms with Crippen LogP contribution in [0.15, 0.2) is 24.3 Å². The van der Waals surface area contributed by atoms with Gasteiger partial charge in [-0.15, -0.1) is 11.3 Å². The van der Waals surface area contributed by atoms with E-state index in [0.717, 1.165) is 21.1 Å². The second kappa shape index (κ2) is 4.89. The lowest BCUT2D eigenvalue weighted by Gasteiger charge is -1.97. The van der Waals surface area contributed by atoms with Gasteiger partial charge in [-0.1, -0.05) is 12.2 Å². The summed E-state index contributed by atoms with van der Waals surface area (Å²) >= 11 is 6.43. The Balaban J connectivity index is 2.35. The van der Waals surface area contributed by atoms with Gasteiger partial charge in [0.05, 0.1) is 10.7 Å². The van der Waals surface area contributed by atoms with Crippen molar-refractivity contribution in [2.24, 2.45) is 5.73 Å². The zero-order valence-corrected chi connectivity index (χ0v) is 10.9. The number of hydrogen-bond acceptors (Lipinski definition) is 3. The summed E-state index contributed by atoms with van der Waals surface area (Å²) < 4.78 is 12.8. The van der Waals surface area contributed by atoms with Crippen LogP contribution in [0.25, 0.3) is 11.3 Å². The zero-order valence-electron chi connectivity index (χ0n) is 9.24. The Hall–Kier alpha value is -1.33. The van der Waals surface area contributed by atoms with E-state index in [0.29, 0.717) is 11.4 Å². The van der Waals surface area contributed by atoms with Gasteiger partial charge < -0.3 is 5.73 Å². The van der Waals surface area contributed by atoms with Crippen molar-refractivity contribution < 1.29 is 4.39 Å². The molecule has 2 nitrogen and oxygen atoms in total. The van der Waals surface area contributed by atoms with Gasteiger partial charge in [-0.25, -0.2) is 9.37 Å². The summed E-state index contributed by atoms with van der Waals surface area (Å²) in [6.45, 7) is 1.99. The SMILES string of the molecule is Cc1sc(CC(N)=S)nc1-c1ccc(F)cc1. The van der Waals surface area contributed by atoms with Gasteiger partial charge >= 0.3 is 0 Å². The average Bonchev–Trinajstić information content (AvgIpc) is 2.59. The predicted molar refractivity (Wildman–Crippen MR) is 72.7 cm³/mol. The summed E-state index contributed by atoms with van der Waals surface area (Å²) in [5, 5.41) is 0.898. The van der Waals surface area contributed by atoms with Gasteiger partial charge in [-0.05, 0) is 31.2 Å². The number of thiocarbonyl (C=S) groups is 1. The summed E-state index contributed by atoms with van der Waals surface area (Å²) in [5.41, 5.74) is 7.28. The molecule has 1 heterocycles. The molecular weight excluding hydrogens is 255 g/mol. The van der Waals surface area contributed by atoms with Gasteiger partial charge in [0.25, 0.3) is 0 Å². The van der Waals surface area contributed by atoms with Crippen molar-refractivity contribution in [2.75, 3.05) is 0 Å². The highest BCUT2D eigenvalue weighted by atomic mass is 32.1. The molecule has 1 aromatic heterocycles. The van der Waals surface area contributed by atoms with Gasteiger partial charge in [0.15, 0.2) is 0 Å². The third kappa shape index (κ3) is 2.87. The molecule has 0 bridgehead atoms. The van der Waals surface area contributed by atoms with Crippen LogP contribution < -0.4 is 5.73 Å². The van der Waals surface area contributed by atoms with Gasteiger partial charge in [0.2, 0.25) is 0 Å². The fourth-order valence-corrected chi connectivity index (χ4v) is 2.76. The maximum Gasteiger partial charge on any atom is 0.123 e. The normalized spacial score (nSPS) is 10.5. The standard InChI is InChI=1S/C12H11FN2S2/c1-7-12(8-2-4-9(13)5-3-8)15-11(17-7)6-10(14)16/h2-5H,6H2,1H3,(H2,14,16). The second-order valence-electron chi connectivity index (χ2n) is 3.66. The molecule has 5 heteroatoms. The van der Waals surface area contributed by atoms with Crippen molar-refractivity contribution in [3.05, 3.63) is 40.0 Å². The van der Waals surface area contributed by atoms with Gasteiger partial charge in [-0.2, -0.15) is 0 Å². The van der Waals surface area contributed by atoms with Crippen LogP contribution in [0.2, 0.25) is 0 Å². The molecule has 0 radical (unpaired) electrons.